The molecule has 0 heterocycles. The largest absolute Gasteiger partial charge is 0.467 e. The number of hydrogen-bond acceptors (Lipinski definition) is 4. The van der Waals surface area contributed by atoms with Gasteiger partial charge < -0.3 is 9.64 Å². The van der Waals surface area contributed by atoms with Crippen molar-refractivity contribution in [2.45, 2.75) is 25.4 Å². The summed E-state index contributed by atoms with van der Waals surface area (Å²) in [6.45, 7) is 4.59. The molecule has 4 heteroatoms. The predicted octanol–water partition coefficient (Wildman–Crippen LogP) is 1.61. The summed E-state index contributed by atoms with van der Waals surface area (Å²) in [6.07, 6.45) is 0. The number of likely N-dealkylation sites (N-methyl/N-ethyl adjacent to an activating group) is 1. The molecule has 106 valence electrons. The lowest BCUT2D eigenvalue weighted by molar-refractivity contribution is -0.150. The molecule has 0 aliphatic carbocycles. The van der Waals surface area contributed by atoms with Crippen molar-refractivity contribution >= 4 is 5.97 Å². The van der Waals surface area contributed by atoms with Gasteiger partial charge >= 0.3 is 5.97 Å². The molecule has 0 radical (unpaired) electrons. The molecule has 0 fully saturated rings. The summed E-state index contributed by atoms with van der Waals surface area (Å²) in [5, 5.41) is 3.38. The Labute approximate surface area is 115 Å². The zero-order valence-electron chi connectivity index (χ0n) is 12.4. The van der Waals surface area contributed by atoms with Gasteiger partial charge in [-0.2, -0.15) is 0 Å². The molecule has 0 aliphatic rings. The van der Waals surface area contributed by atoms with E-state index in [1.54, 1.807) is 0 Å². The van der Waals surface area contributed by atoms with Gasteiger partial charge in [-0.05, 0) is 33.5 Å². The Morgan fingerprint density at radius 2 is 1.89 bits per heavy atom. The maximum atomic E-state index is 12.4. The number of esters is 1. The zero-order chi connectivity index (χ0) is 14.5. The summed E-state index contributed by atoms with van der Waals surface area (Å²) in [6, 6.07) is 9.89. The van der Waals surface area contributed by atoms with Gasteiger partial charge in [0.1, 0.15) is 0 Å². The molecule has 1 unspecified atom stereocenters. The fraction of sp³-hybridized carbons (Fsp3) is 0.533. The fourth-order valence-electron chi connectivity index (χ4n) is 2.33. The Morgan fingerprint density at radius 1 is 1.32 bits per heavy atom. The minimum atomic E-state index is -0.840. The summed E-state index contributed by atoms with van der Waals surface area (Å²) in [7, 11) is 5.32. The van der Waals surface area contributed by atoms with Gasteiger partial charge in [0.15, 0.2) is 5.54 Å². The first-order valence-electron chi connectivity index (χ1n) is 6.48. The van der Waals surface area contributed by atoms with Gasteiger partial charge in [-0.3, -0.25) is 5.32 Å². The number of rotatable bonds is 6. The van der Waals surface area contributed by atoms with Gasteiger partial charge in [-0.1, -0.05) is 30.3 Å². The van der Waals surface area contributed by atoms with E-state index in [1.807, 2.05) is 63.2 Å². The second-order valence-electron chi connectivity index (χ2n) is 5.30. The Kier molecular flexibility index (Phi) is 5.51. The average molecular weight is 264 g/mol. The number of methoxy groups -OCH3 is 1. The zero-order valence-corrected chi connectivity index (χ0v) is 12.4. The Balaban J connectivity index is 3.29. The van der Waals surface area contributed by atoms with E-state index in [2.05, 4.69) is 5.32 Å². The molecule has 0 amide bonds. The average Bonchev–Trinajstić information content (AvgIpc) is 2.36. The van der Waals surface area contributed by atoms with E-state index in [-0.39, 0.29) is 12.0 Å². The van der Waals surface area contributed by atoms with Gasteiger partial charge in [0, 0.05) is 12.6 Å². The van der Waals surface area contributed by atoms with Gasteiger partial charge in [-0.15, -0.1) is 0 Å². The van der Waals surface area contributed by atoms with E-state index < -0.39 is 5.54 Å². The minimum Gasteiger partial charge on any atom is -0.467 e. The normalized spacial score (nSPS) is 14.5. The van der Waals surface area contributed by atoms with Crippen LogP contribution in [0.25, 0.3) is 0 Å². The third kappa shape index (κ3) is 3.78. The lowest BCUT2D eigenvalue weighted by Gasteiger charge is -2.36. The van der Waals surface area contributed by atoms with E-state index in [4.69, 9.17) is 4.74 Å². The van der Waals surface area contributed by atoms with Gasteiger partial charge in [0.2, 0.25) is 0 Å². The summed E-state index contributed by atoms with van der Waals surface area (Å²) in [4.78, 5) is 14.4. The van der Waals surface area contributed by atoms with Crippen molar-refractivity contribution in [3.8, 4) is 0 Å². The highest BCUT2D eigenvalue weighted by molar-refractivity contribution is 5.83. The molecule has 0 saturated carbocycles. The Morgan fingerprint density at radius 3 is 2.32 bits per heavy atom. The fourth-order valence-corrected chi connectivity index (χ4v) is 2.33. The second-order valence-corrected chi connectivity index (χ2v) is 5.30. The summed E-state index contributed by atoms with van der Waals surface area (Å²) < 4.78 is 5.04. The molecule has 1 atom stereocenters. The molecular weight excluding hydrogens is 240 g/mol. The number of nitrogens with one attached hydrogen (secondary N) is 1. The maximum Gasteiger partial charge on any atom is 0.332 e. The molecule has 1 N–H and O–H groups in total. The van der Waals surface area contributed by atoms with Crippen LogP contribution in [-0.2, 0) is 15.1 Å². The van der Waals surface area contributed by atoms with Crippen LogP contribution >= 0.6 is 0 Å². The van der Waals surface area contributed by atoms with E-state index in [9.17, 15) is 4.79 Å². The molecule has 19 heavy (non-hydrogen) atoms. The standard InChI is InChI=1S/C15H24N2O2/c1-12(2)16-15(11-17(3)4,14(18)19-5)13-9-7-6-8-10-13/h6-10,12,16H,11H2,1-5H3. The highest BCUT2D eigenvalue weighted by Gasteiger charge is 2.42. The van der Waals surface area contributed by atoms with Gasteiger partial charge in [-0.25, -0.2) is 4.79 Å². The van der Waals surface area contributed by atoms with Crippen molar-refractivity contribution < 1.29 is 9.53 Å². The van der Waals surface area contributed by atoms with Crippen LogP contribution in [-0.4, -0.2) is 44.7 Å². The van der Waals surface area contributed by atoms with E-state index >= 15 is 0 Å². The minimum absolute atomic E-state index is 0.166. The van der Waals surface area contributed by atoms with Crippen molar-refractivity contribution in [2.24, 2.45) is 0 Å². The van der Waals surface area contributed by atoms with Gasteiger partial charge in [0.25, 0.3) is 0 Å². The number of carbonyl (C=O) groups is 1. The Bertz CT molecular complexity index is 392. The lowest BCUT2D eigenvalue weighted by Crippen LogP contribution is -2.57. The third-order valence-electron chi connectivity index (χ3n) is 2.89. The maximum absolute atomic E-state index is 12.4. The van der Waals surface area contributed by atoms with E-state index in [0.717, 1.165) is 5.56 Å². The number of carbonyl (C=O) groups excluding carboxylic acids is 1. The molecule has 0 aromatic heterocycles. The van der Waals surface area contributed by atoms with Crippen LogP contribution in [0.15, 0.2) is 30.3 Å². The molecule has 0 spiro atoms. The topological polar surface area (TPSA) is 41.6 Å². The predicted molar refractivity (Wildman–Crippen MR) is 77.0 cm³/mol. The van der Waals surface area contributed by atoms with Crippen LogP contribution in [0, 0.1) is 0 Å². The van der Waals surface area contributed by atoms with Crippen molar-refractivity contribution in [1.82, 2.24) is 10.2 Å². The highest BCUT2D eigenvalue weighted by atomic mass is 16.5. The first-order chi connectivity index (χ1) is 8.92. The number of benzene rings is 1. The van der Waals surface area contributed by atoms with Crippen LogP contribution in [0.3, 0.4) is 0 Å². The number of ether oxygens (including phenoxy) is 1. The smallest absolute Gasteiger partial charge is 0.332 e. The van der Waals surface area contributed by atoms with Crippen molar-refractivity contribution in [3.05, 3.63) is 35.9 Å². The van der Waals surface area contributed by atoms with Crippen LogP contribution in [0.1, 0.15) is 19.4 Å². The SMILES string of the molecule is COC(=O)C(CN(C)C)(NC(C)C)c1ccccc1. The number of hydrogen-bond donors (Lipinski definition) is 1. The van der Waals surface area contributed by atoms with Crippen LogP contribution in [0.2, 0.25) is 0 Å². The molecule has 0 aliphatic heterocycles. The molecule has 1 aromatic rings. The first kappa shape index (κ1) is 15.7. The monoisotopic (exact) mass is 264 g/mol. The quantitative estimate of drug-likeness (QED) is 0.793. The Hall–Kier alpha value is -1.39. The van der Waals surface area contributed by atoms with Crippen LogP contribution in [0.5, 0.6) is 0 Å². The summed E-state index contributed by atoms with van der Waals surface area (Å²) in [5.74, 6) is -0.263. The third-order valence-corrected chi connectivity index (χ3v) is 2.89. The summed E-state index contributed by atoms with van der Waals surface area (Å²) in [5.41, 5.74) is 0.0810. The second kappa shape index (κ2) is 6.68. The van der Waals surface area contributed by atoms with E-state index in [0.29, 0.717) is 6.54 Å². The lowest BCUT2D eigenvalue weighted by atomic mass is 9.88. The van der Waals surface area contributed by atoms with Gasteiger partial charge in [0.05, 0.1) is 7.11 Å². The van der Waals surface area contributed by atoms with Crippen molar-refractivity contribution in [1.29, 1.82) is 0 Å². The summed E-state index contributed by atoms with van der Waals surface area (Å²) >= 11 is 0. The molecule has 0 saturated heterocycles. The van der Waals surface area contributed by atoms with Crippen LogP contribution < -0.4 is 5.32 Å². The molecule has 0 bridgehead atoms. The van der Waals surface area contributed by atoms with Crippen molar-refractivity contribution in [2.75, 3.05) is 27.7 Å². The van der Waals surface area contributed by atoms with Crippen molar-refractivity contribution in [3.63, 3.8) is 0 Å². The number of nitrogens with zero attached hydrogens (tertiary/aromatic N) is 1. The molecular formula is C15H24N2O2. The highest BCUT2D eigenvalue weighted by Crippen LogP contribution is 2.24. The molecule has 1 aromatic carbocycles. The van der Waals surface area contributed by atoms with E-state index in [1.165, 1.54) is 7.11 Å². The van der Waals surface area contributed by atoms with Crippen LogP contribution in [0.4, 0.5) is 0 Å². The molecule has 4 nitrogen and oxygen atoms in total. The molecule has 1 rings (SSSR count). The first-order valence-corrected chi connectivity index (χ1v) is 6.48.